The van der Waals surface area contributed by atoms with Crippen molar-refractivity contribution in [1.29, 1.82) is 0 Å². The van der Waals surface area contributed by atoms with E-state index in [2.05, 4.69) is 9.88 Å². The molecule has 4 rings (SSSR count). The molecule has 0 saturated carbocycles. The first-order chi connectivity index (χ1) is 11.1. The fourth-order valence-corrected chi connectivity index (χ4v) is 4.22. The van der Waals surface area contributed by atoms with Crippen LogP contribution in [0.1, 0.15) is 42.8 Å². The molecule has 126 valence electrons. The van der Waals surface area contributed by atoms with Crippen LogP contribution in [-0.2, 0) is 29.6 Å². The van der Waals surface area contributed by atoms with E-state index >= 15 is 0 Å². The molecular weight excluding hydrogens is 294 g/mol. The van der Waals surface area contributed by atoms with Crippen LogP contribution in [0.2, 0.25) is 0 Å². The Morgan fingerprint density at radius 2 is 2.00 bits per heavy atom. The van der Waals surface area contributed by atoms with Crippen molar-refractivity contribution in [3.05, 3.63) is 27.4 Å². The Bertz CT molecular complexity index is 658. The van der Waals surface area contributed by atoms with E-state index in [1.165, 1.54) is 0 Å². The zero-order valence-electron chi connectivity index (χ0n) is 14.0. The summed E-state index contributed by atoms with van der Waals surface area (Å²) in [5.41, 5.74) is 1.95. The first-order valence-corrected chi connectivity index (χ1v) is 8.59. The van der Waals surface area contributed by atoms with Crippen LogP contribution in [0, 0.1) is 6.92 Å². The van der Waals surface area contributed by atoms with E-state index in [9.17, 15) is 4.79 Å². The summed E-state index contributed by atoms with van der Waals surface area (Å²) in [4.78, 5) is 19.5. The molecule has 2 fully saturated rings. The molecule has 6 heteroatoms. The third kappa shape index (κ3) is 2.62. The quantitative estimate of drug-likeness (QED) is 0.777. The SMILES string of the molecule is Cc1nc2c(c(=O)n1C)CN([C@H]1CCOC3(CCOCC3)C1)C2. The number of ether oxygens (including phenoxy) is 2. The van der Waals surface area contributed by atoms with Crippen LogP contribution in [0.25, 0.3) is 0 Å². The van der Waals surface area contributed by atoms with Gasteiger partial charge >= 0.3 is 0 Å². The van der Waals surface area contributed by atoms with Gasteiger partial charge < -0.3 is 9.47 Å². The molecule has 0 radical (unpaired) electrons. The highest BCUT2D eigenvalue weighted by Gasteiger charge is 2.42. The summed E-state index contributed by atoms with van der Waals surface area (Å²) in [6.07, 6.45) is 4.06. The highest BCUT2D eigenvalue weighted by Crippen LogP contribution is 2.37. The molecule has 0 aliphatic carbocycles. The summed E-state index contributed by atoms with van der Waals surface area (Å²) in [5, 5.41) is 0. The van der Waals surface area contributed by atoms with Gasteiger partial charge in [-0.05, 0) is 32.6 Å². The highest BCUT2D eigenvalue weighted by molar-refractivity contribution is 5.23. The average Bonchev–Trinajstić information content (AvgIpc) is 2.98. The van der Waals surface area contributed by atoms with E-state index in [4.69, 9.17) is 9.47 Å². The van der Waals surface area contributed by atoms with Gasteiger partial charge in [-0.15, -0.1) is 0 Å². The lowest BCUT2D eigenvalue weighted by Gasteiger charge is -2.45. The van der Waals surface area contributed by atoms with Gasteiger partial charge in [-0.1, -0.05) is 0 Å². The fourth-order valence-electron chi connectivity index (χ4n) is 4.22. The Hall–Kier alpha value is -1.24. The van der Waals surface area contributed by atoms with E-state index in [1.807, 2.05) is 6.92 Å². The molecule has 0 aromatic carbocycles. The third-order valence-corrected chi connectivity index (χ3v) is 5.79. The van der Waals surface area contributed by atoms with Crippen LogP contribution >= 0.6 is 0 Å². The van der Waals surface area contributed by atoms with E-state index < -0.39 is 0 Å². The van der Waals surface area contributed by atoms with Gasteiger partial charge in [0.15, 0.2) is 0 Å². The van der Waals surface area contributed by atoms with Crippen molar-refractivity contribution in [3.8, 4) is 0 Å². The van der Waals surface area contributed by atoms with Gasteiger partial charge in [-0.2, -0.15) is 0 Å². The molecule has 0 unspecified atom stereocenters. The van der Waals surface area contributed by atoms with E-state index in [-0.39, 0.29) is 11.2 Å². The number of hydrogen-bond donors (Lipinski definition) is 0. The second kappa shape index (κ2) is 5.69. The van der Waals surface area contributed by atoms with Crippen molar-refractivity contribution in [3.63, 3.8) is 0 Å². The van der Waals surface area contributed by atoms with Crippen LogP contribution in [0.3, 0.4) is 0 Å². The van der Waals surface area contributed by atoms with Gasteiger partial charge in [-0.3, -0.25) is 14.3 Å². The summed E-state index contributed by atoms with van der Waals surface area (Å²) in [5.74, 6) is 0.795. The van der Waals surface area contributed by atoms with Crippen molar-refractivity contribution < 1.29 is 9.47 Å². The lowest BCUT2D eigenvalue weighted by atomic mass is 9.83. The van der Waals surface area contributed by atoms with Crippen LogP contribution < -0.4 is 5.56 Å². The Morgan fingerprint density at radius 1 is 1.22 bits per heavy atom. The Morgan fingerprint density at radius 3 is 2.78 bits per heavy atom. The number of aryl methyl sites for hydroxylation is 1. The maximum Gasteiger partial charge on any atom is 0.258 e. The maximum atomic E-state index is 12.5. The first-order valence-electron chi connectivity index (χ1n) is 8.59. The lowest BCUT2D eigenvalue weighted by Crippen LogP contribution is -2.50. The van der Waals surface area contributed by atoms with Gasteiger partial charge in [0.2, 0.25) is 0 Å². The highest BCUT2D eigenvalue weighted by atomic mass is 16.5. The summed E-state index contributed by atoms with van der Waals surface area (Å²) in [7, 11) is 1.80. The number of rotatable bonds is 1. The van der Waals surface area contributed by atoms with Crippen LogP contribution in [-0.4, -0.2) is 45.9 Å². The molecule has 6 nitrogen and oxygen atoms in total. The minimum Gasteiger partial charge on any atom is -0.381 e. The molecular formula is C17H25N3O3. The Balaban J connectivity index is 1.54. The summed E-state index contributed by atoms with van der Waals surface area (Å²) in [6, 6.07) is 0.473. The Kier molecular flexibility index (Phi) is 3.78. The number of aromatic nitrogens is 2. The number of fused-ring (bicyclic) bond motifs is 1. The first kappa shape index (κ1) is 15.3. The summed E-state index contributed by atoms with van der Waals surface area (Å²) >= 11 is 0. The van der Waals surface area contributed by atoms with Crippen LogP contribution in [0.5, 0.6) is 0 Å². The second-order valence-electron chi connectivity index (χ2n) is 7.14. The van der Waals surface area contributed by atoms with Crippen LogP contribution in [0.15, 0.2) is 4.79 Å². The molecule has 3 aliphatic heterocycles. The van der Waals surface area contributed by atoms with Crippen molar-refractivity contribution in [2.75, 3.05) is 19.8 Å². The molecule has 1 spiro atoms. The van der Waals surface area contributed by atoms with Crippen molar-refractivity contribution in [2.24, 2.45) is 7.05 Å². The summed E-state index contributed by atoms with van der Waals surface area (Å²) < 4.78 is 13.3. The van der Waals surface area contributed by atoms with Gasteiger partial charge in [0.25, 0.3) is 5.56 Å². The van der Waals surface area contributed by atoms with Crippen LogP contribution in [0.4, 0.5) is 0 Å². The van der Waals surface area contributed by atoms with Crippen molar-refractivity contribution in [1.82, 2.24) is 14.5 Å². The molecule has 3 aliphatic rings. The summed E-state index contributed by atoms with van der Waals surface area (Å²) in [6.45, 7) is 5.83. The zero-order valence-corrected chi connectivity index (χ0v) is 14.0. The minimum atomic E-state index is -0.00967. The lowest BCUT2D eigenvalue weighted by molar-refractivity contribution is -0.152. The van der Waals surface area contributed by atoms with Gasteiger partial charge in [0.1, 0.15) is 5.82 Å². The number of hydrogen-bond acceptors (Lipinski definition) is 5. The van der Waals surface area contributed by atoms with E-state index in [1.54, 1.807) is 11.6 Å². The Labute approximate surface area is 136 Å². The smallest absolute Gasteiger partial charge is 0.258 e. The predicted molar refractivity (Wildman–Crippen MR) is 85.2 cm³/mol. The monoisotopic (exact) mass is 319 g/mol. The third-order valence-electron chi connectivity index (χ3n) is 5.79. The van der Waals surface area contributed by atoms with E-state index in [0.717, 1.165) is 75.7 Å². The fraction of sp³-hybridized carbons (Fsp3) is 0.765. The van der Waals surface area contributed by atoms with Gasteiger partial charge in [0.05, 0.1) is 16.9 Å². The molecule has 0 amide bonds. The maximum absolute atomic E-state index is 12.5. The van der Waals surface area contributed by atoms with Crippen molar-refractivity contribution in [2.45, 2.75) is 57.3 Å². The molecule has 4 heterocycles. The molecule has 0 bridgehead atoms. The van der Waals surface area contributed by atoms with Gasteiger partial charge in [0, 0.05) is 46.0 Å². The molecule has 1 aromatic rings. The second-order valence-corrected chi connectivity index (χ2v) is 7.14. The normalized spacial score (nSPS) is 27.3. The topological polar surface area (TPSA) is 56.6 Å². The largest absolute Gasteiger partial charge is 0.381 e. The standard InChI is InChI=1S/C17H25N3O3/c1-12-18-15-11-20(10-14(15)16(21)19(12)2)13-3-6-23-17(9-13)4-7-22-8-5-17/h13H,3-11H2,1-2H3/t13-/m0/s1. The molecule has 1 aromatic heterocycles. The average molecular weight is 319 g/mol. The van der Waals surface area contributed by atoms with Gasteiger partial charge in [-0.25, -0.2) is 4.98 Å². The van der Waals surface area contributed by atoms with Crippen molar-refractivity contribution >= 4 is 0 Å². The van der Waals surface area contributed by atoms with E-state index in [0.29, 0.717) is 6.04 Å². The molecule has 23 heavy (non-hydrogen) atoms. The minimum absolute atomic E-state index is 0.00967. The zero-order chi connectivity index (χ0) is 16.0. The molecule has 0 N–H and O–H groups in total. The molecule has 2 saturated heterocycles. The predicted octanol–water partition coefficient (Wildman–Crippen LogP) is 1.13. The number of nitrogens with zero attached hydrogens (tertiary/aromatic N) is 3. The molecule has 1 atom stereocenters.